The third-order valence-corrected chi connectivity index (χ3v) is 6.50. The average molecular weight is 455 g/mol. The van der Waals surface area contributed by atoms with Gasteiger partial charge in [0.25, 0.3) is 0 Å². The summed E-state index contributed by atoms with van der Waals surface area (Å²) in [5.74, 6) is -1.53. The summed E-state index contributed by atoms with van der Waals surface area (Å²) >= 11 is 1.91. The van der Waals surface area contributed by atoms with Crippen molar-refractivity contribution in [1.29, 1.82) is 5.41 Å². The predicted molar refractivity (Wildman–Crippen MR) is 129 cm³/mol. The lowest BCUT2D eigenvalue weighted by atomic mass is 9.66. The first-order chi connectivity index (χ1) is 15.2. The lowest BCUT2D eigenvalue weighted by Crippen LogP contribution is -2.40. The van der Waals surface area contributed by atoms with E-state index in [1.165, 1.54) is 21.6 Å². The van der Waals surface area contributed by atoms with Crippen molar-refractivity contribution in [2.45, 2.75) is 35.8 Å². The molecule has 170 valence electrons. The Bertz CT molecular complexity index is 937. The second-order valence-electron chi connectivity index (χ2n) is 7.74. The molecule has 7 heteroatoms. The van der Waals surface area contributed by atoms with Gasteiger partial charge in [0.05, 0.1) is 5.41 Å². The third kappa shape index (κ3) is 6.08. The summed E-state index contributed by atoms with van der Waals surface area (Å²) in [7, 11) is 4.24. The molecular weight excluding hydrogens is 424 g/mol. The van der Waals surface area contributed by atoms with Gasteiger partial charge in [-0.1, -0.05) is 49.4 Å². The number of aliphatic carboxylic acids is 2. The van der Waals surface area contributed by atoms with E-state index in [9.17, 15) is 9.59 Å². The van der Waals surface area contributed by atoms with E-state index < -0.39 is 11.9 Å². The standard InChI is InChI=1S/C21H26N2S.C4H4O4/c1-4-20(22)21(13-14-23(2)3)17-10-6-5-9-16(17)15-24-19-12-8-7-11-18(19)21;5-3(6)1-2-4(7)8/h5-12,22H,4,13-15H2,1-3H3;1-2H,(H,5,6)(H,7,8)/b;2-1-. The highest BCUT2D eigenvalue weighted by atomic mass is 32.2. The molecule has 2 aromatic rings. The molecule has 0 amide bonds. The van der Waals surface area contributed by atoms with Crippen molar-refractivity contribution in [2.75, 3.05) is 20.6 Å². The van der Waals surface area contributed by atoms with Crippen molar-refractivity contribution < 1.29 is 19.8 Å². The number of hydrogen-bond acceptors (Lipinski definition) is 5. The first kappa shape index (κ1) is 25.4. The van der Waals surface area contributed by atoms with Gasteiger partial charge in [-0.3, -0.25) is 0 Å². The minimum absolute atomic E-state index is 0.310. The SMILES string of the molecule is CCC(=N)C1(CCN(C)C)c2ccccc2CSc2ccccc21.O=C(O)/C=C\C(=O)O. The minimum Gasteiger partial charge on any atom is -0.478 e. The topological polar surface area (TPSA) is 102 Å². The van der Waals surface area contributed by atoms with Crippen molar-refractivity contribution in [3.63, 3.8) is 0 Å². The number of nitrogens with zero attached hydrogens (tertiary/aromatic N) is 1. The summed E-state index contributed by atoms with van der Waals surface area (Å²) in [5, 5.41) is 24.6. The van der Waals surface area contributed by atoms with Crippen LogP contribution in [0.1, 0.15) is 36.5 Å². The molecule has 0 aliphatic carbocycles. The van der Waals surface area contributed by atoms with E-state index in [2.05, 4.69) is 74.4 Å². The van der Waals surface area contributed by atoms with Crippen LogP contribution >= 0.6 is 11.8 Å². The van der Waals surface area contributed by atoms with Crippen LogP contribution in [-0.4, -0.2) is 53.4 Å². The first-order valence-electron chi connectivity index (χ1n) is 10.4. The molecule has 1 aliphatic rings. The van der Waals surface area contributed by atoms with Gasteiger partial charge in [-0.05, 0) is 56.2 Å². The Hall–Kier alpha value is -2.90. The fourth-order valence-corrected chi connectivity index (χ4v) is 5.02. The van der Waals surface area contributed by atoms with Crippen LogP contribution in [0.5, 0.6) is 0 Å². The maximum atomic E-state index is 9.55. The third-order valence-electron chi connectivity index (χ3n) is 5.38. The maximum absolute atomic E-state index is 9.55. The molecule has 1 unspecified atom stereocenters. The number of hydrogen-bond donors (Lipinski definition) is 3. The molecule has 0 spiro atoms. The van der Waals surface area contributed by atoms with Crippen molar-refractivity contribution in [2.24, 2.45) is 0 Å². The number of fused-ring (bicyclic) bond motifs is 2. The first-order valence-corrected chi connectivity index (χ1v) is 11.4. The van der Waals surface area contributed by atoms with Gasteiger partial charge < -0.3 is 20.5 Å². The largest absolute Gasteiger partial charge is 0.478 e. The number of benzene rings is 2. The van der Waals surface area contributed by atoms with E-state index in [0.717, 1.165) is 30.9 Å². The molecule has 0 fully saturated rings. The molecule has 0 saturated carbocycles. The molecule has 1 aliphatic heterocycles. The lowest BCUT2D eigenvalue weighted by Gasteiger charge is -2.37. The molecule has 0 radical (unpaired) electrons. The molecule has 6 nitrogen and oxygen atoms in total. The van der Waals surface area contributed by atoms with Crippen LogP contribution in [0.15, 0.2) is 65.6 Å². The van der Waals surface area contributed by atoms with Crippen LogP contribution < -0.4 is 0 Å². The lowest BCUT2D eigenvalue weighted by molar-refractivity contribution is -0.134. The van der Waals surface area contributed by atoms with Gasteiger partial charge in [-0.25, -0.2) is 9.59 Å². The Morgan fingerprint density at radius 1 is 1.03 bits per heavy atom. The highest BCUT2D eigenvalue weighted by Crippen LogP contribution is 2.47. The summed E-state index contributed by atoms with van der Waals surface area (Å²) in [5.41, 5.74) is 4.53. The van der Waals surface area contributed by atoms with Gasteiger partial charge in [0.1, 0.15) is 0 Å². The molecule has 0 saturated heterocycles. The van der Waals surface area contributed by atoms with Crippen molar-refractivity contribution >= 4 is 29.4 Å². The zero-order valence-corrected chi connectivity index (χ0v) is 19.5. The van der Waals surface area contributed by atoms with Crippen LogP contribution in [0.4, 0.5) is 0 Å². The van der Waals surface area contributed by atoms with Crippen LogP contribution in [0, 0.1) is 5.41 Å². The summed E-state index contributed by atoms with van der Waals surface area (Å²) < 4.78 is 0. The van der Waals surface area contributed by atoms with Crippen molar-refractivity contribution in [3.05, 3.63) is 77.4 Å². The van der Waals surface area contributed by atoms with E-state index in [1.807, 2.05) is 11.8 Å². The fourth-order valence-electron chi connectivity index (χ4n) is 3.89. The smallest absolute Gasteiger partial charge is 0.328 e. The van der Waals surface area contributed by atoms with E-state index in [-0.39, 0.29) is 5.41 Å². The number of nitrogens with one attached hydrogen (secondary N) is 1. The fraction of sp³-hybridized carbons (Fsp3) is 0.320. The van der Waals surface area contributed by atoms with Gasteiger partial charge in [0.15, 0.2) is 0 Å². The van der Waals surface area contributed by atoms with Crippen LogP contribution in [0.25, 0.3) is 0 Å². The van der Waals surface area contributed by atoms with E-state index in [0.29, 0.717) is 12.2 Å². The molecule has 0 aromatic heterocycles. The average Bonchev–Trinajstić information content (AvgIpc) is 2.91. The zero-order chi connectivity index (χ0) is 23.7. The van der Waals surface area contributed by atoms with Crippen molar-refractivity contribution in [1.82, 2.24) is 4.90 Å². The number of rotatable bonds is 7. The van der Waals surface area contributed by atoms with Gasteiger partial charge >= 0.3 is 11.9 Å². The van der Waals surface area contributed by atoms with Crippen molar-refractivity contribution in [3.8, 4) is 0 Å². The monoisotopic (exact) mass is 454 g/mol. The molecule has 0 bridgehead atoms. The number of carboxylic acids is 2. The summed E-state index contributed by atoms with van der Waals surface area (Å²) in [6, 6.07) is 17.4. The maximum Gasteiger partial charge on any atom is 0.328 e. The summed E-state index contributed by atoms with van der Waals surface area (Å²) in [4.78, 5) is 22.7. The normalized spacial score (nSPS) is 17.0. The molecule has 2 aromatic carbocycles. The quantitative estimate of drug-likeness (QED) is 0.415. The van der Waals surface area contributed by atoms with Crippen LogP contribution in [-0.2, 0) is 20.8 Å². The molecule has 32 heavy (non-hydrogen) atoms. The molecule has 1 atom stereocenters. The minimum atomic E-state index is -1.26. The molecule has 3 N–H and O–H groups in total. The van der Waals surface area contributed by atoms with E-state index in [1.54, 1.807) is 0 Å². The van der Waals surface area contributed by atoms with E-state index >= 15 is 0 Å². The Labute approximate surface area is 193 Å². The van der Waals surface area contributed by atoms with Gasteiger partial charge in [0, 0.05) is 28.5 Å². The predicted octanol–water partition coefficient (Wildman–Crippen LogP) is 4.67. The van der Waals surface area contributed by atoms with Gasteiger partial charge in [0.2, 0.25) is 0 Å². The Kier molecular flexibility index (Phi) is 9.23. The second kappa shape index (κ2) is 11.6. The van der Waals surface area contributed by atoms with Crippen LogP contribution in [0.2, 0.25) is 0 Å². The van der Waals surface area contributed by atoms with Gasteiger partial charge in [-0.2, -0.15) is 0 Å². The molecular formula is C25H30N2O4S. The number of carbonyl (C=O) groups is 2. The Morgan fingerprint density at radius 2 is 1.59 bits per heavy atom. The number of thioether (sulfide) groups is 1. The molecule has 1 heterocycles. The second-order valence-corrected chi connectivity index (χ2v) is 8.76. The highest BCUT2D eigenvalue weighted by Gasteiger charge is 2.42. The summed E-state index contributed by atoms with van der Waals surface area (Å²) in [6.07, 6.45) is 2.84. The Morgan fingerprint density at radius 3 is 2.16 bits per heavy atom. The Balaban J connectivity index is 0.000000390. The number of carboxylic acid groups (broad SMARTS) is 2. The zero-order valence-electron chi connectivity index (χ0n) is 18.7. The van der Waals surface area contributed by atoms with E-state index in [4.69, 9.17) is 15.6 Å². The highest BCUT2D eigenvalue weighted by molar-refractivity contribution is 7.98. The van der Waals surface area contributed by atoms with Gasteiger partial charge in [-0.15, -0.1) is 11.8 Å². The summed E-state index contributed by atoms with van der Waals surface area (Å²) in [6.45, 7) is 3.08. The van der Waals surface area contributed by atoms with Crippen LogP contribution in [0.3, 0.4) is 0 Å². The molecule has 3 rings (SSSR count).